The molecule has 0 radical (unpaired) electrons. The van der Waals surface area contributed by atoms with Crippen LogP contribution in [0.4, 0.5) is 5.69 Å². The van der Waals surface area contributed by atoms with Crippen molar-refractivity contribution in [3.8, 4) is 5.69 Å². The van der Waals surface area contributed by atoms with Gasteiger partial charge >= 0.3 is 0 Å². The van der Waals surface area contributed by atoms with Crippen LogP contribution in [0, 0.1) is 0 Å². The number of benzene rings is 2. The highest BCUT2D eigenvalue weighted by Crippen LogP contribution is 2.30. The van der Waals surface area contributed by atoms with E-state index in [0.29, 0.717) is 13.0 Å². The molecule has 1 aromatic heterocycles. The normalized spacial score (nSPS) is 13.5. The summed E-state index contributed by atoms with van der Waals surface area (Å²) < 4.78 is 29.7. The number of carbonyl (C=O) groups is 1. The fourth-order valence-corrected chi connectivity index (χ4v) is 4.39. The van der Waals surface area contributed by atoms with Crippen LogP contribution in [-0.4, -0.2) is 30.7 Å². The molecule has 1 amide bonds. The molecule has 0 atom stereocenters. The van der Waals surface area contributed by atoms with Crippen molar-refractivity contribution in [2.45, 2.75) is 24.8 Å². The molecule has 4 rings (SSSR count). The molecule has 1 aliphatic heterocycles. The average Bonchev–Trinajstić information content (AvgIpc) is 3.36. The predicted molar refractivity (Wildman–Crippen MR) is 106 cm³/mol. The van der Waals surface area contributed by atoms with Crippen LogP contribution in [0.1, 0.15) is 18.1 Å². The van der Waals surface area contributed by atoms with E-state index in [2.05, 4.69) is 9.82 Å². The molecule has 0 unspecified atom stereocenters. The number of sulfonamides is 1. The minimum Gasteiger partial charge on any atom is -0.312 e. The van der Waals surface area contributed by atoms with Gasteiger partial charge < -0.3 is 4.90 Å². The molecule has 0 saturated carbocycles. The highest BCUT2D eigenvalue weighted by Gasteiger charge is 2.24. The average molecular weight is 396 g/mol. The van der Waals surface area contributed by atoms with E-state index in [0.717, 1.165) is 22.5 Å². The van der Waals surface area contributed by atoms with Gasteiger partial charge in [0.05, 0.1) is 10.6 Å². The van der Waals surface area contributed by atoms with E-state index in [1.165, 1.54) is 6.92 Å². The third-order valence-corrected chi connectivity index (χ3v) is 6.21. The largest absolute Gasteiger partial charge is 0.312 e. The Morgan fingerprint density at radius 1 is 1.18 bits per heavy atom. The van der Waals surface area contributed by atoms with E-state index in [9.17, 15) is 13.2 Å². The summed E-state index contributed by atoms with van der Waals surface area (Å²) in [4.78, 5) is 13.5. The van der Waals surface area contributed by atoms with Crippen molar-refractivity contribution < 1.29 is 13.2 Å². The first-order valence-corrected chi connectivity index (χ1v) is 10.4. The molecule has 0 spiro atoms. The molecule has 0 aliphatic carbocycles. The van der Waals surface area contributed by atoms with Crippen molar-refractivity contribution in [2.24, 2.45) is 0 Å². The zero-order valence-corrected chi connectivity index (χ0v) is 16.2. The number of hydrogen-bond acceptors (Lipinski definition) is 4. The van der Waals surface area contributed by atoms with Crippen LogP contribution in [-0.2, 0) is 27.8 Å². The first-order valence-electron chi connectivity index (χ1n) is 8.94. The summed E-state index contributed by atoms with van der Waals surface area (Å²) in [6.07, 6.45) is 4.21. The highest BCUT2D eigenvalue weighted by molar-refractivity contribution is 7.89. The van der Waals surface area contributed by atoms with Crippen molar-refractivity contribution in [3.63, 3.8) is 0 Å². The second-order valence-electron chi connectivity index (χ2n) is 6.65. The second-order valence-corrected chi connectivity index (χ2v) is 8.42. The maximum atomic E-state index is 12.7. The maximum absolute atomic E-state index is 12.7. The van der Waals surface area contributed by atoms with Crippen LogP contribution in [0.25, 0.3) is 5.69 Å². The van der Waals surface area contributed by atoms with E-state index in [1.807, 2.05) is 36.5 Å². The van der Waals surface area contributed by atoms with Gasteiger partial charge in [0.2, 0.25) is 15.9 Å². The van der Waals surface area contributed by atoms with Crippen molar-refractivity contribution in [1.29, 1.82) is 0 Å². The number of fused-ring (bicyclic) bond motifs is 1. The molecule has 8 heteroatoms. The van der Waals surface area contributed by atoms with Gasteiger partial charge in [-0.15, -0.1) is 0 Å². The minimum absolute atomic E-state index is 0.0361. The van der Waals surface area contributed by atoms with E-state index in [4.69, 9.17) is 0 Å². The SMILES string of the molecule is CC(=O)N1CCc2cc(S(=O)(=O)NCc3ccc(-n4cccn4)cc3)ccc21. The quantitative estimate of drug-likeness (QED) is 0.717. The molecular formula is C20H20N4O3S. The summed E-state index contributed by atoms with van der Waals surface area (Å²) in [7, 11) is -3.64. The van der Waals surface area contributed by atoms with Gasteiger partial charge in [-0.1, -0.05) is 12.1 Å². The number of hydrogen-bond donors (Lipinski definition) is 1. The Morgan fingerprint density at radius 2 is 1.96 bits per heavy atom. The Morgan fingerprint density at radius 3 is 2.64 bits per heavy atom. The predicted octanol–water partition coefficient (Wildman–Crippen LogP) is 2.26. The molecule has 28 heavy (non-hydrogen) atoms. The van der Waals surface area contributed by atoms with E-state index >= 15 is 0 Å². The first-order chi connectivity index (χ1) is 13.4. The van der Waals surface area contributed by atoms with E-state index in [-0.39, 0.29) is 17.3 Å². The second kappa shape index (κ2) is 7.21. The Bertz CT molecular complexity index is 1110. The van der Waals surface area contributed by atoms with Crippen LogP contribution in [0.2, 0.25) is 0 Å². The minimum atomic E-state index is -3.64. The van der Waals surface area contributed by atoms with Gasteiger partial charge in [-0.2, -0.15) is 5.10 Å². The van der Waals surface area contributed by atoms with Crippen LogP contribution < -0.4 is 9.62 Å². The molecule has 0 bridgehead atoms. The topological polar surface area (TPSA) is 84.3 Å². The van der Waals surface area contributed by atoms with Crippen LogP contribution >= 0.6 is 0 Å². The summed E-state index contributed by atoms with van der Waals surface area (Å²) in [5.41, 5.74) is 3.43. The van der Waals surface area contributed by atoms with Gasteiger partial charge in [0, 0.05) is 38.1 Å². The van der Waals surface area contributed by atoms with Gasteiger partial charge in [-0.25, -0.2) is 17.8 Å². The lowest BCUT2D eigenvalue weighted by molar-refractivity contribution is -0.116. The fourth-order valence-electron chi connectivity index (χ4n) is 3.32. The van der Waals surface area contributed by atoms with Crippen LogP contribution in [0.15, 0.2) is 65.8 Å². The lowest BCUT2D eigenvalue weighted by atomic mass is 10.2. The van der Waals surface area contributed by atoms with Gasteiger partial charge in [0.15, 0.2) is 0 Å². The zero-order valence-electron chi connectivity index (χ0n) is 15.4. The lowest BCUT2D eigenvalue weighted by Gasteiger charge is -2.15. The standard InChI is InChI=1S/C20H20N4O3S/c1-15(25)23-12-9-17-13-19(7-8-20(17)23)28(26,27)22-14-16-3-5-18(6-4-16)24-11-2-10-21-24/h2-8,10-11,13,22H,9,12,14H2,1H3. The van der Waals surface area contributed by atoms with Gasteiger partial charge in [0.1, 0.15) is 0 Å². The Balaban J connectivity index is 1.47. The van der Waals surface area contributed by atoms with Gasteiger partial charge in [0.25, 0.3) is 0 Å². The van der Waals surface area contributed by atoms with Crippen LogP contribution in [0.5, 0.6) is 0 Å². The molecule has 2 heterocycles. The van der Waals surface area contributed by atoms with Crippen molar-refractivity contribution in [3.05, 3.63) is 72.1 Å². The molecule has 1 N–H and O–H groups in total. The summed E-state index contributed by atoms with van der Waals surface area (Å²) in [6, 6.07) is 14.3. The van der Waals surface area contributed by atoms with E-state index < -0.39 is 10.0 Å². The first kappa shape index (κ1) is 18.4. The zero-order chi connectivity index (χ0) is 19.7. The van der Waals surface area contributed by atoms with Crippen molar-refractivity contribution in [1.82, 2.24) is 14.5 Å². The third kappa shape index (κ3) is 3.56. The molecule has 2 aromatic carbocycles. The third-order valence-electron chi connectivity index (χ3n) is 4.81. The number of rotatable bonds is 5. The summed E-state index contributed by atoms with van der Waals surface area (Å²) in [5.74, 6) is -0.0361. The number of nitrogens with zero attached hydrogens (tertiary/aromatic N) is 3. The Hall–Kier alpha value is -2.97. The highest BCUT2D eigenvalue weighted by atomic mass is 32.2. The number of aromatic nitrogens is 2. The molecule has 1 aliphatic rings. The smallest absolute Gasteiger partial charge is 0.240 e. The number of nitrogens with one attached hydrogen (secondary N) is 1. The Labute approximate surface area is 163 Å². The molecule has 3 aromatic rings. The monoisotopic (exact) mass is 396 g/mol. The summed E-state index contributed by atoms with van der Waals surface area (Å²) in [5, 5.41) is 4.17. The molecule has 0 saturated heterocycles. The van der Waals surface area contributed by atoms with Gasteiger partial charge in [-0.3, -0.25) is 4.79 Å². The van der Waals surface area contributed by atoms with Gasteiger partial charge in [-0.05, 0) is 53.9 Å². The van der Waals surface area contributed by atoms with Crippen molar-refractivity contribution in [2.75, 3.05) is 11.4 Å². The number of anilines is 1. The van der Waals surface area contributed by atoms with E-state index in [1.54, 1.807) is 34.0 Å². The molecule has 7 nitrogen and oxygen atoms in total. The maximum Gasteiger partial charge on any atom is 0.240 e. The Kier molecular flexibility index (Phi) is 4.74. The number of amides is 1. The van der Waals surface area contributed by atoms with Crippen LogP contribution in [0.3, 0.4) is 0 Å². The molecular weight excluding hydrogens is 376 g/mol. The van der Waals surface area contributed by atoms with Crippen molar-refractivity contribution >= 4 is 21.6 Å². The molecule has 0 fully saturated rings. The number of carbonyl (C=O) groups excluding carboxylic acids is 1. The fraction of sp³-hybridized carbons (Fsp3) is 0.200. The summed E-state index contributed by atoms with van der Waals surface area (Å²) >= 11 is 0. The lowest BCUT2D eigenvalue weighted by Crippen LogP contribution is -2.26. The molecule has 144 valence electrons. The summed E-state index contributed by atoms with van der Waals surface area (Å²) in [6.45, 7) is 2.29.